The summed E-state index contributed by atoms with van der Waals surface area (Å²) in [5.41, 5.74) is 7.34. The average molecular weight is 288 g/mol. The summed E-state index contributed by atoms with van der Waals surface area (Å²) in [4.78, 5) is 22.6. The molecule has 2 aromatic rings. The quantitative estimate of drug-likeness (QED) is 0.785. The summed E-state index contributed by atoms with van der Waals surface area (Å²) in [6.07, 6.45) is 1.44. The summed E-state index contributed by atoms with van der Waals surface area (Å²) >= 11 is 0. The molecule has 0 aliphatic heterocycles. The molecule has 6 nitrogen and oxygen atoms in total. The summed E-state index contributed by atoms with van der Waals surface area (Å²) in [7, 11) is 1.30. The Morgan fingerprint density at radius 3 is 2.81 bits per heavy atom. The fourth-order valence-corrected chi connectivity index (χ4v) is 1.92. The molecular weight excluding hydrogens is 272 g/mol. The Kier molecular flexibility index (Phi) is 4.73. The monoisotopic (exact) mass is 288 g/mol. The van der Waals surface area contributed by atoms with Crippen molar-refractivity contribution in [1.82, 2.24) is 5.32 Å². The van der Waals surface area contributed by atoms with E-state index < -0.39 is 11.9 Å². The number of ether oxygens (including phenoxy) is 1. The molecule has 1 heterocycles. The third kappa shape index (κ3) is 3.70. The van der Waals surface area contributed by atoms with Crippen molar-refractivity contribution in [2.24, 2.45) is 5.73 Å². The molecule has 1 amide bonds. The van der Waals surface area contributed by atoms with Crippen LogP contribution in [0.15, 0.2) is 41.0 Å². The van der Waals surface area contributed by atoms with Crippen LogP contribution in [-0.4, -0.2) is 19.0 Å². The number of hydrogen-bond acceptors (Lipinski definition) is 5. The van der Waals surface area contributed by atoms with E-state index in [0.29, 0.717) is 24.2 Å². The Morgan fingerprint density at radius 1 is 1.29 bits per heavy atom. The van der Waals surface area contributed by atoms with Gasteiger partial charge in [0.25, 0.3) is 0 Å². The van der Waals surface area contributed by atoms with Crippen molar-refractivity contribution in [2.75, 3.05) is 7.11 Å². The Labute approximate surface area is 121 Å². The number of nitrogens with two attached hydrogens (primary N) is 1. The van der Waals surface area contributed by atoms with Gasteiger partial charge in [-0.05, 0) is 23.8 Å². The fourth-order valence-electron chi connectivity index (χ4n) is 1.92. The average Bonchev–Trinajstić information content (AvgIpc) is 2.95. The molecular formula is C15H16N2O4. The lowest BCUT2D eigenvalue weighted by molar-refractivity contribution is 0.0563. The van der Waals surface area contributed by atoms with Gasteiger partial charge in [-0.2, -0.15) is 0 Å². The molecule has 0 spiro atoms. The van der Waals surface area contributed by atoms with Gasteiger partial charge in [-0.3, -0.25) is 4.79 Å². The first-order valence-electron chi connectivity index (χ1n) is 6.36. The Bertz CT molecular complexity index is 649. The Morgan fingerprint density at radius 2 is 2.10 bits per heavy atom. The number of carbonyl (C=O) groups excluding carboxylic acids is 2. The number of esters is 1. The van der Waals surface area contributed by atoms with Gasteiger partial charge >= 0.3 is 5.97 Å². The minimum Gasteiger partial charge on any atom is -0.463 e. The Hall–Kier alpha value is -2.60. The van der Waals surface area contributed by atoms with Gasteiger partial charge in [0.05, 0.1) is 13.4 Å². The zero-order chi connectivity index (χ0) is 15.2. The van der Waals surface area contributed by atoms with Crippen molar-refractivity contribution in [3.05, 3.63) is 59.0 Å². The van der Waals surface area contributed by atoms with E-state index in [0.717, 1.165) is 5.56 Å². The van der Waals surface area contributed by atoms with Crippen molar-refractivity contribution in [3.63, 3.8) is 0 Å². The summed E-state index contributed by atoms with van der Waals surface area (Å²) < 4.78 is 9.73. The molecule has 0 bridgehead atoms. The van der Waals surface area contributed by atoms with E-state index in [4.69, 9.17) is 10.2 Å². The summed E-state index contributed by atoms with van der Waals surface area (Å²) in [6.45, 7) is 0.981. The van der Waals surface area contributed by atoms with Gasteiger partial charge in [0.15, 0.2) is 0 Å². The van der Waals surface area contributed by atoms with Crippen LogP contribution in [-0.2, 0) is 17.8 Å². The molecule has 0 saturated carbocycles. The van der Waals surface area contributed by atoms with Crippen LogP contribution < -0.4 is 11.1 Å². The fraction of sp³-hybridized carbons (Fsp3) is 0.200. The summed E-state index contributed by atoms with van der Waals surface area (Å²) in [6, 6.07) is 8.76. The third-order valence-electron chi connectivity index (χ3n) is 2.97. The zero-order valence-corrected chi connectivity index (χ0v) is 11.6. The van der Waals surface area contributed by atoms with Crippen molar-refractivity contribution in [1.29, 1.82) is 0 Å². The van der Waals surface area contributed by atoms with Gasteiger partial charge in [0.2, 0.25) is 11.7 Å². The first-order valence-corrected chi connectivity index (χ1v) is 6.36. The number of hydrogen-bond donors (Lipinski definition) is 2. The lowest BCUT2D eigenvalue weighted by atomic mass is 10.1. The van der Waals surface area contributed by atoms with Crippen LogP contribution in [0.5, 0.6) is 0 Å². The molecule has 0 atom stereocenters. The van der Waals surface area contributed by atoms with E-state index >= 15 is 0 Å². The van der Waals surface area contributed by atoms with Crippen LogP contribution in [0, 0.1) is 0 Å². The van der Waals surface area contributed by atoms with Gasteiger partial charge in [0, 0.05) is 24.2 Å². The van der Waals surface area contributed by atoms with Crippen molar-refractivity contribution in [3.8, 4) is 0 Å². The standard InChI is InChI=1S/C15H16N2O4/c1-20-15(19)13-12(5-6-21-13)9-17-8-10-3-2-4-11(7-10)14(16)18/h2-7,17H,8-9H2,1H3,(H2,16,18). The van der Waals surface area contributed by atoms with Crippen molar-refractivity contribution >= 4 is 11.9 Å². The molecule has 0 unspecified atom stereocenters. The van der Waals surface area contributed by atoms with Gasteiger partial charge in [-0.25, -0.2) is 4.79 Å². The highest BCUT2D eigenvalue weighted by Crippen LogP contribution is 2.12. The second-order valence-corrected chi connectivity index (χ2v) is 4.43. The maximum absolute atomic E-state index is 11.5. The topological polar surface area (TPSA) is 94.6 Å². The minimum atomic E-state index is -0.507. The number of nitrogens with one attached hydrogen (secondary N) is 1. The maximum Gasteiger partial charge on any atom is 0.374 e. The highest BCUT2D eigenvalue weighted by molar-refractivity contribution is 5.92. The van der Waals surface area contributed by atoms with Crippen LogP contribution in [0.3, 0.4) is 0 Å². The summed E-state index contributed by atoms with van der Waals surface area (Å²) in [5.74, 6) is -0.775. The van der Waals surface area contributed by atoms with Crippen LogP contribution >= 0.6 is 0 Å². The summed E-state index contributed by atoms with van der Waals surface area (Å²) in [5, 5.41) is 3.17. The minimum absolute atomic E-state index is 0.191. The van der Waals surface area contributed by atoms with E-state index in [9.17, 15) is 9.59 Å². The van der Waals surface area contributed by atoms with Gasteiger partial charge in [0.1, 0.15) is 0 Å². The molecule has 21 heavy (non-hydrogen) atoms. The lowest BCUT2D eigenvalue weighted by Gasteiger charge is -2.06. The van der Waals surface area contributed by atoms with Crippen LogP contribution in [0.1, 0.15) is 32.0 Å². The van der Waals surface area contributed by atoms with Crippen molar-refractivity contribution < 1.29 is 18.7 Å². The van der Waals surface area contributed by atoms with Gasteiger partial charge in [-0.15, -0.1) is 0 Å². The Balaban J connectivity index is 1.96. The number of methoxy groups -OCH3 is 1. The van der Waals surface area contributed by atoms with Crippen LogP contribution in [0.4, 0.5) is 0 Å². The van der Waals surface area contributed by atoms with E-state index in [-0.39, 0.29) is 5.76 Å². The number of carbonyl (C=O) groups is 2. The number of furan rings is 1. The molecule has 1 aromatic heterocycles. The third-order valence-corrected chi connectivity index (χ3v) is 2.97. The van der Waals surface area contributed by atoms with E-state index in [2.05, 4.69) is 10.1 Å². The smallest absolute Gasteiger partial charge is 0.374 e. The highest BCUT2D eigenvalue weighted by Gasteiger charge is 2.15. The molecule has 0 fully saturated rings. The molecule has 0 aliphatic rings. The van der Waals surface area contributed by atoms with Gasteiger partial charge in [-0.1, -0.05) is 12.1 Å². The SMILES string of the molecule is COC(=O)c1occc1CNCc1cccc(C(N)=O)c1. The van der Waals surface area contributed by atoms with Crippen LogP contribution in [0.2, 0.25) is 0 Å². The molecule has 0 saturated heterocycles. The molecule has 3 N–H and O–H groups in total. The molecule has 0 aliphatic carbocycles. The lowest BCUT2D eigenvalue weighted by Crippen LogP contribution is -2.16. The molecule has 2 rings (SSSR count). The van der Waals surface area contributed by atoms with Crippen molar-refractivity contribution in [2.45, 2.75) is 13.1 Å². The predicted molar refractivity (Wildman–Crippen MR) is 75.6 cm³/mol. The number of benzene rings is 1. The number of amides is 1. The molecule has 6 heteroatoms. The van der Waals surface area contributed by atoms with Crippen LogP contribution in [0.25, 0.3) is 0 Å². The van der Waals surface area contributed by atoms with E-state index in [1.54, 1.807) is 24.3 Å². The second kappa shape index (κ2) is 6.71. The second-order valence-electron chi connectivity index (χ2n) is 4.43. The van der Waals surface area contributed by atoms with E-state index in [1.165, 1.54) is 13.4 Å². The largest absolute Gasteiger partial charge is 0.463 e. The predicted octanol–water partition coefficient (Wildman–Crippen LogP) is 1.45. The first-order chi connectivity index (χ1) is 10.1. The molecule has 1 aromatic carbocycles. The number of primary amides is 1. The number of rotatable bonds is 6. The van der Waals surface area contributed by atoms with E-state index in [1.807, 2.05) is 6.07 Å². The van der Waals surface area contributed by atoms with Gasteiger partial charge < -0.3 is 20.2 Å². The molecule has 0 radical (unpaired) electrons. The zero-order valence-electron chi connectivity index (χ0n) is 11.6. The normalized spacial score (nSPS) is 10.3. The highest BCUT2D eigenvalue weighted by atomic mass is 16.5. The first kappa shape index (κ1) is 14.8. The molecule has 110 valence electrons. The maximum atomic E-state index is 11.5.